The summed E-state index contributed by atoms with van der Waals surface area (Å²) in [4.78, 5) is 12.0. The minimum absolute atomic E-state index is 0.0195. The van der Waals surface area contributed by atoms with Gasteiger partial charge in [0.1, 0.15) is 0 Å². The Kier molecular flexibility index (Phi) is 5.50. The Labute approximate surface area is 139 Å². The molecule has 1 saturated heterocycles. The van der Waals surface area contributed by atoms with E-state index in [-0.39, 0.29) is 12.7 Å². The Morgan fingerprint density at radius 2 is 2.25 bits per heavy atom. The molecule has 8 heteroatoms. The number of nitrogens with zero attached hydrogens (tertiary/aromatic N) is 4. The van der Waals surface area contributed by atoms with Gasteiger partial charge in [-0.2, -0.15) is 4.68 Å². The van der Waals surface area contributed by atoms with Gasteiger partial charge in [0.05, 0.1) is 18.4 Å². The fraction of sp³-hybridized carbons (Fsp3) is 0.500. The van der Waals surface area contributed by atoms with E-state index in [0.717, 1.165) is 25.1 Å². The molecule has 2 unspecified atom stereocenters. The lowest BCUT2D eigenvalue weighted by Gasteiger charge is -2.15. The van der Waals surface area contributed by atoms with Crippen molar-refractivity contribution in [1.29, 1.82) is 0 Å². The SMILES string of the molecule is CC(OCC1CCCO1)C(=O)OCc1nnnn1-c1ccccc1. The molecule has 0 N–H and O–H groups in total. The number of carbonyl (C=O) groups is 1. The van der Waals surface area contributed by atoms with Crippen LogP contribution in [0.15, 0.2) is 30.3 Å². The molecule has 2 aromatic rings. The maximum Gasteiger partial charge on any atom is 0.335 e. The van der Waals surface area contributed by atoms with Gasteiger partial charge in [0.25, 0.3) is 0 Å². The molecule has 24 heavy (non-hydrogen) atoms. The quantitative estimate of drug-likeness (QED) is 0.706. The van der Waals surface area contributed by atoms with E-state index in [4.69, 9.17) is 14.2 Å². The molecular weight excluding hydrogens is 312 g/mol. The molecule has 2 atom stereocenters. The molecule has 0 aliphatic carbocycles. The molecular formula is C16H20N4O4. The summed E-state index contributed by atoms with van der Waals surface area (Å²) in [7, 11) is 0. The van der Waals surface area contributed by atoms with Crippen LogP contribution in [0.4, 0.5) is 0 Å². The predicted octanol–water partition coefficient (Wildman–Crippen LogP) is 1.29. The average molecular weight is 332 g/mol. The van der Waals surface area contributed by atoms with E-state index < -0.39 is 12.1 Å². The number of para-hydroxylation sites is 1. The molecule has 0 bridgehead atoms. The zero-order chi connectivity index (χ0) is 16.8. The van der Waals surface area contributed by atoms with Crippen LogP contribution >= 0.6 is 0 Å². The van der Waals surface area contributed by atoms with Crippen LogP contribution in [0.3, 0.4) is 0 Å². The van der Waals surface area contributed by atoms with Gasteiger partial charge in [-0.05, 0) is 42.3 Å². The van der Waals surface area contributed by atoms with Crippen LogP contribution in [0.5, 0.6) is 0 Å². The highest BCUT2D eigenvalue weighted by atomic mass is 16.6. The second-order valence-corrected chi connectivity index (χ2v) is 5.56. The van der Waals surface area contributed by atoms with Crippen molar-refractivity contribution in [1.82, 2.24) is 20.2 Å². The molecule has 0 saturated carbocycles. The van der Waals surface area contributed by atoms with Crippen LogP contribution in [0.2, 0.25) is 0 Å². The summed E-state index contributed by atoms with van der Waals surface area (Å²) in [6, 6.07) is 9.41. The number of benzene rings is 1. The number of tetrazole rings is 1. The van der Waals surface area contributed by atoms with Crippen LogP contribution < -0.4 is 0 Å². The summed E-state index contributed by atoms with van der Waals surface area (Å²) in [5.41, 5.74) is 0.802. The van der Waals surface area contributed by atoms with Crippen molar-refractivity contribution in [3.8, 4) is 5.69 Å². The smallest absolute Gasteiger partial charge is 0.335 e. The van der Waals surface area contributed by atoms with Crippen molar-refractivity contribution in [2.45, 2.75) is 38.6 Å². The lowest BCUT2D eigenvalue weighted by atomic mass is 10.2. The molecule has 1 fully saturated rings. The summed E-state index contributed by atoms with van der Waals surface area (Å²) < 4.78 is 17.8. The molecule has 1 aliphatic rings. The van der Waals surface area contributed by atoms with Crippen LogP contribution in [-0.2, 0) is 25.6 Å². The van der Waals surface area contributed by atoms with E-state index in [1.54, 1.807) is 6.92 Å². The van der Waals surface area contributed by atoms with Crippen molar-refractivity contribution in [3.63, 3.8) is 0 Å². The zero-order valence-electron chi connectivity index (χ0n) is 13.5. The molecule has 2 heterocycles. The maximum atomic E-state index is 12.0. The Morgan fingerprint density at radius 1 is 1.42 bits per heavy atom. The fourth-order valence-electron chi connectivity index (χ4n) is 2.41. The minimum atomic E-state index is -0.657. The van der Waals surface area contributed by atoms with Crippen molar-refractivity contribution in [2.24, 2.45) is 0 Å². The highest BCUT2D eigenvalue weighted by Gasteiger charge is 2.21. The molecule has 0 spiro atoms. The molecule has 1 aromatic carbocycles. The van der Waals surface area contributed by atoms with Gasteiger partial charge in [-0.25, -0.2) is 4.79 Å². The van der Waals surface area contributed by atoms with Gasteiger partial charge in [0.2, 0.25) is 0 Å². The maximum absolute atomic E-state index is 12.0. The van der Waals surface area contributed by atoms with E-state index in [1.807, 2.05) is 30.3 Å². The van der Waals surface area contributed by atoms with Crippen LogP contribution in [-0.4, -0.2) is 51.6 Å². The first kappa shape index (κ1) is 16.5. The Bertz CT molecular complexity index is 655. The van der Waals surface area contributed by atoms with Crippen LogP contribution in [0.25, 0.3) is 5.69 Å². The largest absolute Gasteiger partial charge is 0.455 e. The van der Waals surface area contributed by atoms with Gasteiger partial charge in [0.15, 0.2) is 18.5 Å². The summed E-state index contributed by atoms with van der Waals surface area (Å²) in [5, 5.41) is 11.4. The number of aromatic nitrogens is 4. The minimum Gasteiger partial charge on any atom is -0.455 e. The number of carbonyl (C=O) groups excluding carboxylic acids is 1. The van der Waals surface area contributed by atoms with Gasteiger partial charge < -0.3 is 14.2 Å². The Morgan fingerprint density at radius 3 is 3.00 bits per heavy atom. The van der Waals surface area contributed by atoms with E-state index in [0.29, 0.717) is 12.4 Å². The second kappa shape index (κ2) is 7.98. The highest BCUT2D eigenvalue weighted by molar-refractivity contribution is 5.74. The lowest BCUT2D eigenvalue weighted by molar-refractivity contribution is -0.159. The molecule has 1 aliphatic heterocycles. The number of ether oxygens (including phenoxy) is 3. The first-order chi connectivity index (χ1) is 11.7. The molecule has 3 rings (SSSR count). The third-order valence-electron chi connectivity index (χ3n) is 3.77. The lowest BCUT2D eigenvalue weighted by Crippen LogP contribution is -2.27. The molecule has 0 amide bonds. The topological polar surface area (TPSA) is 88.4 Å². The molecule has 1 aromatic heterocycles. The van der Waals surface area contributed by atoms with Crippen molar-refractivity contribution in [2.75, 3.05) is 13.2 Å². The van der Waals surface area contributed by atoms with E-state index in [1.165, 1.54) is 4.68 Å². The van der Waals surface area contributed by atoms with E-state index >= 15 is 0 Å². The van der Waals surface area contributed by atoms with Gasteiger partial charge in [-0.15, -0.1) is 5.10 Å². The zero-order valence-corrected chi connectivity index (χ0v) is 13.5. The van der Waals surface area contributed by atoms with E-state index in [2.05, 4.69) is 15.5 Å². The van der Waals surface area contributed by atoms with Crippen molar-refractivity contribution < 1.29 is 19.0 Å². The first-order valence-corrected chi connectivity index (χ1v) is 7.96. The fourth-order valence-corrected chi connectivity index (χ4v) is 2.41. The Hall–Kier alpha value is -2.32. The summed E-state index contributed by atoms with van der Waals surface area (Å²) >= 11 is 0. The normalized spacial score (nSPS) is 18.5. The summed E-state index contributed by atoms with van der Waals surface area (Å²) in [6.07, 6.45) is 1.42. The third kappa shape index (κ3) is 4.15. The monoisotopic (exact) mass is 332 g/mol. The van der Waals surface area contributed by atoms with Crippen LogP contribution in [0, 0.1) is 0 Å². The van der Waals surface area contributed by atoms with Crippen molar-refractivity contribution >= 4 is 5.97 Å². The highest BCUT2D eigenvalue weighted by Crippen LogP contribution is 2.13. The molecule has 0 radical (unpaired) electrons. The van der Waals surface area contributed by atoms with Gasteiger partial charge >= 0.3 is 5.97 Å². The average Bonchev–Trinajstić information content (AvgIpc) is 3.29. The van der Waals surface area contributed by atoms with Crippen molar-refractivity contribution in [3.05, 3.63) is 36.2 Å². The van der Waals surface area contributed by atoms with Gasteiger partial charge in [0, 0.05) is 6.61 Å². The summed E-state index contributed by atoms with van der Waals surface area (Å²) in [5.74, 6) is -0.00325. The molecule has 128 valence electrons. The second-order valence-electron chi connectivity index (χ2n) is 5.56. The Balaban J connectivity index is 1.50. The summed E-state index contributed by atoms with van der Waals surface area (Å²) in [6.45, 7) is 2.80. The number of esters is 1. The standard InChI is InChI=1S/C16H20N4O4/c1-12(23-10-14-8-5-9-22-14)16(21)24-11-15-17-18-19-20(15)13-6-3-2-4-7-13/h2-4,6-7,12,14H,5,8-11H2,1H3. The van der Waals surface area contributed by atoms with Gasteiger partial charge in [-0.1, -0.05) is 18.2 Å². The predicted molar refractivity (Wildman–Crippen MR) is 83.3 cm³/mol. The number of rotatable bonds is 7. The number of hydrogen-bond acceptors (Lipinski definition) is 7. The van der Waals surface area contributed by atoms with Crippen LogP contribution in [0.1, 0.15) is 25.6 Å². The van der Waals surface area contributed by atoms with Gasteiger partial charge in [-0.3, -0.25) is 0 Å². The number of hydrogen-bond donors (Lipinski definition) is 0. The third-order valence-corrected chi connectivity index (χ3v) is 3.77. The van der Waals surface area contributed by atoms with E-state index in [9.17, 15) is 4.79 Å². The first-order valence-electron chi connectivity index (χ1n) is 7.96. The molecule has 8 nitrogen and oxygen atoms in total.